The lowest BCUT2D eigenvalue weighted by atomic mass is 9.93. The van der Waals surface area contributed by atoms with E-state index < -0.39 is 0 Å². The quantitative estimate of drug-likeness (QED) is 0.645. The molecule has 5 heteroatoms. The van der Waals surface area contributed by atoms with E-state index in [-0.39, 0.29) is 5.91 Å². The summed E-state index contributed by atoms with van der Waals surface area (Å²) in [5.41, 5.74) is 4.00. The molecule has 0 spiro atoms. The van der Waals surface area contributed by atoms with Gasteiger partial charge in [0.05, 0.1) is 11.4 Å². The van der Waals surface area contributed by atoms with Crippen molar-refractivity contribution in [2.45, 2.75) is 32.2 Å². The Morgan fingerprint density at radius 1 is 1.03 bits per heavy atom. The topological polar surface area (TPSA) is 59.0 Å². The monoisotopic (exact) mass is 388 g/mol. The SMILES string of the molecule is O=C(CCC1CCNCC1)NCc1cn(-c2ccccc2)nc1-c1ccccc1. The fraction of sp³-hybridized carbons (Fsp3) is 0.333. The Morgan fingerprint density at radius 2 is 1.72 bits per heavy atom. The van der Waals surface area contributed by atoms with Crippen molar-refractivity contribution in [3.63, 3.8) is 0 Å². The molecule has 1 aliphatic rings. The number of amides is 1. The number of rotatable bonds is 7. The summed E-state index contributed by atoms with van der Waals surface area (Å²) in [6.45, 7) is 2.64. The summed E-state index contributed by atoms with van der Waals surface area (Å²) in [7, 11) is 0. The third-order valence-electron chi connectivity index (χ3n) is 5.57. The second kappa shape index (κ2) is 9.52. The molecule has 0 aliphatic carbocycles. The molecule has 1 fully saturated rings. The van der Waals surface area contributed by atoms with Gasteiger partial charge in [0.25, 0.3) is 0 Å². The van der Waals surface area contributed by atoms with Gasteiger partial charge in [-0.3, -0.25) is 4.79 Å². The van der Waals surface area contributed by atoms with Gasteiger partial charge in [-0.25, -0.2) is 4.68 Å². The molecule has 1 aromatic heterocycles. The molecule has 0 saturated carbocycles. The first-order valence-corrected chi connectivity index (χ1v) is 10.5. The van der Waals surface area contributed by atoms with Crippen molar-refractivity contribution < 1.29 is 4.79 Å². The smallest absolute Gasteiger partial charge is 0.220 e. The van der Waals surface area contributed by atoms with E-state index in [0.717, 1.165) is 42.0 Å². The largest absolute Gasteiger partial charge is 0.352 e. The van der Waals surface area contributed by atoms with Crippen LogP contribution >= 0.6 is 0 Å². The molecule has 2 N–H and O–H groups in total. The van der Waals surface area contributed by atoms with Crippen LogP contribution in [0.5, 0.6) is 0 Å². The average molecular weight is 389 g/mol. The minimum Gasteiger partial charge on any atom is -0.352 e. The van der Waals surface area contributed by atoms with E-state index in [1.165, 1.54) is 12.8 Å². The van der Waals surface area contributed by atoms with Crippen LogP contribution in [0.25, 0.3) is 16.9 Å². The molecule has 2 heterocycles. The summed E-state index contributed by atoms with van der Waals surface area (Å²) < 4.78 is 1.89. The summed E-state index contributed by atoms with van der Waals surface area (Å²) in [5, 5.41) is 11.3. The third-order valence-corrected chi connectivity index (χ3v) is 5.57. The molecular formula is C24H28N4O. The van der Waals surface area contributed by atoms with Crippen molar-refractivity contribution in [2.75, 3.05) is 13.1 Å². The summed E-state index contributed by atoms with van der Waals surface area (Å²) >= 11 is 0. The summed E-state index contributed by atoms with van der Waals surface area (Å²) in [4.78, 5) is 12.4. The maximum atomic E-state index is 12.4. The van der Waals surface area contributed by atoms with Gasteiger partial charge in [-0.15, -0.1) is 0 Å². The molecule has 1 amide bonds. The minimum absolute atomic E-state index is 0.120. The van der Waals surface area contributed by atoms with Gasteiger partial charge < -0.3 is 10.6 Å². The van der Waals surface area contributed by atoms with Crippen LogP contribution in [0.15, 0.2) is 66.9 Å². The van der Waals surface area contributed by atoms with Crippen molar-refractivity contribution >= 4 is 5.91 Å². The van der Waals surface area contributed by atoms with E-state index in [4.69, 9.17) is 5.10 Å². The van der Waals surface area contributed by atoms with E-state index in [9.17, 15) is 4.79 Å². The van der Waals surface area contributed by atoms with Gasteiger partial charge in [0.2, 0.25) is 5.91 Å². The first kappa shape index (κ1) is 19.4. The number of nitrogens with zero attached hydrogens (tertiary/aromatic N) is 2. The van der Waals surface area contributed by atoms with Gasteiger partial charge in [0.15, 0.2) is 0 Å². The molecule has 29 heavy (non-hydrogen) atoms. The number of hydrogen-bond acceptors (Lipinski definition) is 3. The van der Waals surface area contributed by atoms with Crippen LogP contribution in [0.4, 0.5) is 0 Å². The van der Waals surface area contributed by atoms with Crippen molar-refractivity contribution in [2.24, 2.45) is 5.92 Å². The van der Waals surface area contributed by atoms with E-state index in [1.54, 1.807) is 0 Å². The second-order valence-corrected chi connectivity index (χ2v) is 7.66. The fourth-order valence-electron chi connectivity index (χ4n) is 3.88. The summed E-state index contributed by atoms with van der Waals surface area (Å²) in [6, 6.07) is 20.2. The minimum atomic E-state index is 0.120. The summed E-state index contributed by atoms with van der Waals surface area (Å²) in [6.07, 6.45) is 5.94. The Balaban J connectivity index is 1.45. The standard InChI is InChI=1S/C24H28N4O/c29-23(12-11-19-13-15-25-16-14-19)26-17-21-18-28(22-9-5-2-6-10-22)27-24(21)20-7-3-1-4-8-20/h1-10,18-19,25H,11-17H2,(H,26,29). The Labute approximate surface area is 172 Å². The van der Waals surface area contributed by atoms with Crippen molar-refractivity contribution in [3.05, 3.63) is 72.4 Å². The maximum Gasteiger partial charge on any atom is 0.220 e. The van der Waals surface area contributed by atoms with Gasteiger partial charge in [0, 0.05) is 30.3 Å². The molecule has 1 saturated heterocycles. The molecule has 1 aliphatic heterocycles. The van der Waals surface area contributed by atoms with Crippen LogP contribution in [-0.4, -0.2) is 28.8 Å². The van der Waals surface area contributed by atoms with Crippen molar-refractivity contribution in [1.82, 2.24) is 20.4 Å². The molecule has 0 radical (unpaired) electrons. The normalized spacial score (nSPS) is 14.6. The molecule has 0 bridgehead atoms. The van der Waals surface area contributed by atoms with Gasteiger partial charge in [-0.1, -0.05) is 48.5 Å². The van der Waals surface area contributed by atoms with Crippen LogP contribution < -0.4 is 10.6 Å². The van der Waals surface area contributed by atoms with Crippen molar-refractivity contribution in [1.29, 1.82) is 0 Å². The zero-order valence-corrected chi connectivity index (χ0v) is 16.7. The number of piperidine rings is 1. The fourth-order valence-corrected chi connectivity index (χ4v) is 3.88. The molecular weight excluding hydrogens is 360 g/mol. The van der Waals surface area contributed by atoms with Crippen LogP contribution in [0, 0.1) is 5.92 Å². The number of hydrogen-bond donors (Lipinski definition) is 2. The lowest BCUT2D eigenvalue weighted by Crippen LogP contribution is -2.29. The molecule has 4 rings (SSSR count). The first-order chi connectivity index (χ1) is 14.3. The molecule has 3 aromatic rings. The van der Waals surface area contributed by atoms with Gasteiger partial charge >= 0.3 is 0 Å². The third kappa shape index (κ3) is 5.12. The number of carbonyl (C=O) groups is 1. The van der Waals surface area contributed by atoms with Crippen molar-refractivity contribution in [3.8, 4) is 16.9 Å². The molecule has 5 nitrogen and oxygen atoms in total. The molecule has 150 valence electrons. The molecule has 2 aromatic carbocycles. The highest BCUT2D eigenvalue weighted by atomic mass is 16.1. The molecule has 0 atom stereocenters. The van der Waals surface area contributed by atoms with Crippen LogP contribution in [0.1, 0.15) is 31.2 Å². The van der Waals surface area contributed by atoms with Gasteiger partial charge in [0.1, 0.15) is 0 Å². The van der Waals surface area contributed by atoms with Crippen LogP contribution in [-0.2, 0) is 11.3 Å². The number of aromatic nitrogens is 2. The van der Waals surface area contributed by atoms with E-state index in [0.29, 0.717) is 18.9 Å². The number of carbonyl (C=O) groups excluding carboxylic acids is 1. The van der Waals surface area contributed by atoms with Gasteiger partial charge in [-0.05, 0) is 50.4 Å². The zero-order chi connectivity index (χ0) is 19.9. The highest BCUT2D eigenvalue weighted by molar-refractivity contribution is 5.76. The second-order valence-electron chi connectivity index (χ2n) is 7.66. The van der Waals surface area contributed by atoms with E-state index in [2.05, 4.69) is 22.8 Å². The number of nitrogens with one attached hydrogen (secondary N) is 2. The van der Waals surface area contributed by atoms with E-state index >= 15 is 0 Å². The Bertz CT molecular complexity index is 915. The predicted octanol–water partition coefficient (Wildman–Crippen LogP) is 3.94. The van der Waals surface area contributed by atoms with Gasteiger partial charge in [-0.2, -0.15) is 5.10 Å². The lowest BCUT2D eigenvalue weighted by molar-refractivity contribution is -0.121. The first-order valence-electron chi connectivity index (χ1n) is 10.5. The zero-order valence-electron chi connectivity index (χ0n) is 16.7. The highest BCUT2D eigenvalue weighted by Gasteiger charge is 2.16. The Morgan fingerprint density at radius 3 is 2.45 bits per heavy atom. The average Bonchev–Trinajstić information content (AvgIpc) is 3.22. The van der Waals surface area contributed by atoms with Crippen LogP contribution in [0.3, 0.4) is 0 Å². The predicted molar refractivity (Wildman–Crippen MR) is 116 cm³/mol. The molecule has 0 unspecified atom stereocenters. The van der Waals surface area contributed by atoms with E-state index in [1.807, 2.05) is 59.4 Å². The Kier molecular flexibility index (Phi) is 6.37. The highest BCUT2D eigenvalue weighted by Crippen LogP contribution is 2.24. The number of para-hydroxylation sites is 1. The maximum absolute atomic E-state index is 12.4. The van der Waals surface area contributed by atoms with Crippen LogP contribution in [0.2, 0.25) is 0 Å². The Hall–Kier alpha value is -2.92. The lowest BCUT2D eigenvalue weighted by Gasteiger charge is -2.22. The number of benzene rings is 2. The summed E-state index contributed by atoms with van der Waals surface area (Å²) in [5.74, 6) is 0.790.